The van der Waals surface area contributed by atoms with Crippen molar-refractivity contribution in [1.29, 1.82) is 0 Å². The minimum atomic E-state index is -0.378. The maximum Gasteiger partial charge on any atom is 0.309 e. The molecule has 2 aromatic carbocycles. The predicted octanol–water partition coefficient (Wildman–Crippen LogP) is 4.21. The Kier molecular flexibility index (Phi) is 5.74. The number of esters is 1. The van der Waals surface area contributed by atoms with Crippen molar-refractivity contribution in [3.63, 3.8) is 0 Å². The Bertz CT molecular complexity index is 1030. The van der Waals surface area contributed by atoms with Crippen LogP contribution in [0, 0.1) is 16.0 Å². The van der Waals surface area contributed by atoms with Crippen LogP contribution in [-0.4, -0.2) is 29.1 Å². The molecule has 0 unspecified atom stereocenters. The third-order valence-electron chi connectivity index (χ3n) is 5.23. The van der Waals surface area contributed by atoms with E-state index in [1.807, 2.05) is 35.2 Å². The number of nitrogens with zero attached hydrogens (tertiary/aromatic N) is 3. The van der Waals surface area contributed by atoms with E-state index in [0.717, 1.165) is 5.56 Å². The van der Waals surface area contributed by atoms with Gasteiger partial charge in [-0.15, -0.1) is 0 Å². The van der Waals surface area contributed by atoms with Gasteiger partial charge >= 0.3 is 5.97 Å². The summed E-state index contributed by atoms with van der Waals surface area (Å²) in [4.78, 5) is 25.3. The fraction of sp³-hybridized carbons (Fsp3) is 0.273. The third-order valence-corrected chi connectivity index (χ3v) is 5.23. The van der Waals surface area contributed by atoms with E-state index in [-0.39, 0.29) is 29.1 Å². The minimum Gasteiger partial charge on any atom is -0.459 e. The minimum absolute atomic E-state index is 0.0551. The first-order valence-corrected chi connectivity index (χ1v) is 9.78. The Balaban J connectivity index is 1.30. The van der Waals surface area contributed by atoms with Crippen LogP contribution in [0.1, 0.15) is 18.5 Å². The largest absolute Gasteiger partial charge is 0.459 e. The number of rotatable bonds is 6. The third kappa shape index (κ3) is 4.32. The molecule has 3 aromatic rings. The lowest BCUT2D eigenvalue weighted by Crippen LogP contribution is -2.37. The highest BCUT2D eigenvalue weighted by Crippen LogP contribution is 2.31. The Morgan fingerprint density at radius 1 is 1.13 bits per heavy atom. The number of hydrogen-bond donors (Lipinski definition) is 0. The Hall–Kier alpha value is -3.68. The summed E-state index contributed by atoms with van der Waals surface area (Å²) in [5.74, 6) is 0.116. The maximum absolute atomic E-state index is 12.5. The van der Waals surface area contributed by atoms with Gasteiger partial charge in [-0.1, -0.05) is 47.6 Å². The Labute approximate surface area is 173 Å². The lowest BCUT2D eigenvalue weighted by molar-refractivity contribution is -0.384. The topological polar surface area (TPSA) is 98.7 Å². The number of piperidine rings is 1. The fourth-order valence-electron chi connectivity index (χ4n) is 3.62. The quantitative estimate of drug-likeness (QED) is 0.343. The molecule has 0 N–H and O–H groups in total. The van der Waals surface area contributed by atoms with Crippen molar-refractivity contribution >= 4 is 17.3 Å². The van der Waals surface area contributed by atoms with Gasteiger partial charge in [-0.05, 0) is 18.9 Å². The monoisotopic (exact) mass is 407 g/mol. The van der Waals surface area contributed by atoms with Gasteiger partial charge in [0.05, 0.1) is 10.8 Å². The first-order chi connectivity index (χ1) is 14.6. The molecule has 1 fully saturated rings. The van der Waals surface area contributed by atoms with E-state index in [9.17, 15) is 14.9 Å². The van der Waals surface area contributed by atoms with Crippen LogP contribution >= 0.6 is 0 Å². The molecule has 1 saturated heterocycles. The van der Waals surface area contributed by atoms with Gasteiger partial charge in [-0.3, -0.25) is 14.9 Å². The van der Waals surface area contributed by atoms with Crippen LogP contribution in [0.25, 0.3) is 11.3 Å². The van der Waals surface area contributed by atoms with E-state index in [2.05, 4.69) is 5.16 Å². The number of ether oxygens (including phenoxy) is 1. The standard InChI is InChI=1S/C22H21N3O5/c26-22(29-15-18-14-21(30-23-18)16-6-2-1-3-7-16)17-10-12-24(13-11-17)19-8-4-5-9-20(19)25(27)28/h1-9,14,17H,10-13,15H2. The molecule has 8 nitrogen and oxygen atoms in total. The summed E-state index contributed by atoms with van der Waals surface area (Å²) < 4.78 is 10.8. The smallest absolute Gasteiger partial charge is 0.309 e. The maximum atomic E-state index is 12.5. The summed E-state index contributed by atoms with van der Waals surface area (Å²) in [6.45, 7) is 1.18. The molecule has 0 radical (unpaired) electrons. The van der Waals surface area contributed by atoms with Gasteiger partial charge in [0.15, 0.2) is 5.76 Å². The Morgan fingerprint density at radius 2 is 1.83 bits per heavy atom. The number of benzene rings is 2. The van der Waals surface area contributed by atoms with Crippen molar-refractivity contribution in [1.82, 2.24) is 5.16 Å². The summed E-state index contributed by atoms with van der Waals surface area (Å²) in [7, 11) is 0. The average Bonchev–Trinajstić information content (AvgIpc) is 3.27. The zero-order chi connectivity index (χ0) is 20.9. The first-order valence-electron chi connectivity index (χ1n) is 9.78. The number of nitro groups is 1. The number of aromatic nitrogens is 1. The molecule has 8 heteroatoms. The summed E-state index contributed by atoms with van der Waals surface area (Å²) >= 11 is 0. The van der Waals surface area contributed by atoms with Gasteiger partial charge in [-0.25, -0.2) is 0 Å². The van der Waals surface area contributed by atoms with Gasteiger partial charge in [0.2, 0.25) is 0 Å². The molecule has 1 aliphatic heterocycles. The van der Waals surface area contributed by atoms with E-state index in [1.54, 1.807) is 24.3 Å². The number of anilines is 1. The second-order valence-corrected chi connectivity index (χ2v) is 7.16. The molecular weight excluding hydrogens is 386 g/mol. The van der Waals surface area contributed by atoms with Gasteiger partial charge in [0.25, 0.3) is 5.69 Å². The predicted molar refractivity (Wildman–Crippen MR) is 110 cm³/mol. The van der Waals surface area contributed by atoms with Crippen LogP contribution < -0.4 is 4.90 Å². The van der Waals surface area contributed by atoms with Crippen molar-refractivity contribution in [2.75, 3.05) is 18.0 Å². The normalized spacial score (nSPS) is 14.5. The van der Waals surface area contributed by atoms with E-state index >= 15 is 0 Å². The van der Waals surface area contributed by atoms with Crippen molar-refractivity contribution in [2.24, 2.45) is 5.92 Å². The van der Waals surface area contributed by atoms with Crippen LogP contribution in [0.3, 0.4) is 0 Å². The van der Waals surface area contributed by atoms with Crippen molar-refractivity contribution in [2.45, 2.75) is 19.4 Å². The van der Waals surface area contributed by atoms with E-state index < -0.39 is 0 Å². The van der Waals surface area contributed by atoms with Gasteiger partial charge in [0.1, 0.15) is 18.0 Å². The van der Waals surface area contributed by atoms with Crippen LogP contribution in [0.2, 0.25) is 0 Å². The summed E-state index contributed by atoms with van der Waals surface area (Å²) in [5.41, 5.74) is 2.13. The molecule has 0 amide bonds. The SMILES string of the molecule is O=C(OCc1cc(-c2ccccc2)on1)C1CCN(c2ccccc2[N+](=O)[O-])CC1. The lowest BCUT2D eigenvalue weighted by atomic mass is 9.96. The van der Waals surface area contributed by atoms with E-state index in [4.69, 9.17) is 9.26 Å². The number of hydrogen-bond acceptors (Lipinski definition) is 7. The zero-order valence-corrected chi connectivity index (χ0v) is 16.3. The van der Waals surface area contributed by atoms with Crippen LogP contribution in [0.5, 0.6) is 0 Å². The number of carbonyl (C=O) groups excluding carboxylic acids is 1. The van der Waals surface area contributed by atoms with Crippen LogP contribution in [0.15, 0.2) is 65.2 Å². The van der Waals surface area contributed by atoms with Crippen molar-refractivity contribution in [3.05, 3.63) is 76.5 Å². The molecule has 4 rings (SSSR count). The lowest BCUT2D eigenvalue weighted by Gasteiger charge is -2.32. The molecule has 0 bridgehead atoms. The molecule has 154 valence electrons. The van der Waals surface area contributed by atoms with Crippen molar-refractivity contribution < 1.29 is 19.0 Å². The molecule has 0 aliphatic carbocycles. The molecule has 0 saturated carbocycles. The highest BCUT2D eigenvalue weighted by atomic mass is 16.6. The van der Waals surface area contributed by atoms with Crippen molar-refractivity contribution in [3.8, 4) is 11.3 Å². The van der Waals surface area contributed by atoms with Gasteiger partial charge in [0, 0.05) is 30.8 Å². The summed E-state index contributed by atoms with van der Waals surface area (Å²) in [6.07, 6.45) is 1.16. The fourth-order valence-corrected chi connectivity index (χ4v) is 3.62. The molecule has 0 spiro atoms. The molecule has 2 heterocycles. The summed E-state index contributed by atoms with van der Waals surface area (Å²) in [6, 6.07) is 18.0. The number of nitro benzene ring substituents is 1. The highest BCUT2D eigenvalue weighted by Gasteiger charge is 2.29. The molecular formula is C22H21N3O5. The first kappa shape index (κ1) is 19.6. The van der Waals surface area contributed by atoms with Crippen LogP contribution in [0.4, 0.5) is 11.4 Å². The highest BCUT2D eigenvalue weighted by molar-refractivity contribution is 5.73. The van der Waals surface area contributed by atoms with Crippen LogP contribution in [-0.2, 0) is 16.1 Å². The molecule has 0 atom stereocenters. The van der Waals surface area contributed by atoms with E-state index in [1.165, 1.54) is 6.07 Å². The Morgan fingerprint density at radius 3 is 2.57 bits per heavy atom. The average molecular weight is 407 g/mol. The second-order valence-electron chi connectivity index (χ2n) is 7.16. The summed E-state index contributed by atoms with van der Waals surface area (Å²) in [5, 5.41) is 15.2. The van der Waals surface area contributed by atoms with Gasteiger partial charge < -0.3 is 14.2 Å². The molecule has 30 heavy (non-hydrogen) atoms. The van der Waals surface area contributed by atoms with Gasteiger partial charge in [-0.2, -0.15) is 0 Å². The second kappa shape index (κ2) is 8.77. The van der Waals surface area contributed by atoms with E-state index in [0.29, 0.717) is 43.1 Å². The molecule has 1 aromatic heterocycles. The number of carbonyl (C=O) groups is 1. The number of para-hydroxylation sites is 2. The molecule has 1 aliphatic rings. The zero-order valence-electron chi connectivity index (χ0n) is 16.3.